The van der Waals surface area contributed by atoms with E-state index in [1.165, 1.54) is 0 Å². The van der Waals surface area contributed by atoms with Crippen LogP contribution in [0.3, 0.4) is 0 Å². The molecule has 0 saturated carbocycles. The Hall–Kier alpha value is -2.80. The quantitative estimate of drug-likeness (QED) is 0.557. The summed E-state index contributed by atoms with van der Waals surface area (Å²) in [6, 6.07) is 11.9. The van der Waals surface area contributed by atoms with E-state index in [4.69, 9.17) is 0 Å². The second kappa shape index (κ2) is 8.52. The van der Waals surface area contributed by atoms with Crippen LogP contribution in [0.15, 0.2) is 48.5 Å². The second-order valence-electron chi connectivity index (χ2n) is 8.59. The molecule has 0 aromatic heterocycles. The number of nitrogens with one attached hydrogen (secondary N) is 1. The van der Waals surface area contributed by atoms with Crippen LogP contribution in [0.2, 0.25) is 0 Å². The Bertz CT molecular complexity index is 836. The van der Waals surface area contributed by atoms with Crippen LogP contribution in [-0.4, -0.2) is 21.9 Å². The zero-order chi connectivity index (χ0) is 22.1. The molecule has 30 heavy (non-hydrogen) atoms. The number of rotatable bonds is 6. The van der Waals surface area contributed by atoms with Crippen LogP contribution in [0.1, 0.15) is 62.0 Å². The molecule has 0 radical (unpaired) electrons. The molecule has 2 aromatic carbocycles. The van der Waals surface area contributed by atoms with Gasteiger partial charge < -0.3 is 0 Å². The van der Waals surface area contributed by atoms with Gasteiger partial charge in [-0.05, 0) is 48.9 Å². The van der Waals surface area contributed by atoms with E-state index in [2.05, 4.69) is 19.2 Å². The van der Waals surface area contributed by atoms with Crippen molar-refractivity contribution < 1.29 is 9.85 Å². The first-order chi connectivity index (χ1) is 14.2. The molecular weight excluding hydrogens is 382 g/mol. The molecule has 1 fully saturated rings. The lowest BCUT2D eigenvalue weighted by Gasteiger charge is -2.44. The Morgan fingerprint density at radius 1 is 0.767 bits per heavy atom. The van der Waals surface area contributed by atoms with Crippen LogP contribution in [0.25, 0.3) is 0 Å². The summed E-state index contributed by atoms with van der Waals surface area (Å²) >= 11 is 0. The summed E-state index contributed by atoms with van der Waals surface area (Å²) in [4.78, 5) is 23.5. The molecule has 0 bridgehead atoms. The molecule has 4 atom stereocenters. The molecule has 2 aromatic rings. The third-order valence-corrected chi connectivity index (χ3v) is 6.46. The molecular formula is C23H29N3O4. The van der Waals surface area contributed by atoms with Gasteiger partial charge in [0.05, 0.1) is 0 Å². The largest absolute Gasteiger partial charge is 0.291 e. The maximum absolute atomic E-state index is 12.1. The number of piperidine rings is 1. The molecule has 1 aliphatic rings. The number of nitrogens with zero attached hydrogens (tertiary/aromatic N) is 2. The number of aryl methyl sites for hydroxylation is 2. The second-order valence-corrected chi connectivity index (χ2v) is 8.59. The average molecular weight is 412 g/mol. The standard InChI is InChI=1S/C23H29N3O4/c1-5-15-7-11-17(12-8-15)19-21(25(27)28)23(3,4)22(26(29)30)20(24-19)18-13-9-16(6-2)10-14-18/h7-14,19-22,24H,5-6H2,1-4H3/t19-,20+,21-,22+. The average Bonchev–Trinajstić information content (AvgIpc) is 2.71. The molecule has 0 spiro atoms. The van der Waals surface area contributed by atoms with E-state index >= 15 is 0 Å². The minimum absolute atomic E-state index is 0.363. The Balaban J connectivity index is 2.11. The van der Waals surface area contributed by atoms with E-state index < -0.39 is 29.6 Å². The summed E-state index contributed by atoms with van der Waals surface area (Å²) in [6.07, 6.45) is 1.75. The zero-order valence-electron chi connectivity index (χ0n) is 17.9. The highest BCUT2D eigenvalue weighted by Gasteiger charge is 2.62. The molecule has 1 saturated heterocycles. The van der Waals surface area contributed by atoms with Gasteiger partial charge in [-0.1, -0.05) is 62.4 Å². The van der Waals surface area contributed by atoms with Crippen LogP contribution in [0, 0.1) is 25.6 Å². The Kier molecular flexibility index (Phi) is 6.22. The maximum Gasteiger partial charge on any atom is 0.243 e. The summed E-state index contributed by atoms with van der Waals surface area (Å²) in [7, 11) is 0. The third kappa shape index (κ3) is 3.94. The molecule has 1 N–H and O–H groups in total. The van der Waals surface area contributed by atoms with E-state index in [-0.39, 0.29) is 9.85 Å². The van der Waals surface area contributed by atoms with Gasteiger partial charge in [-0.25, -0.2) is 0 Å². The SMILES string of the molecule is CCc1ccc([C@H]2N[C@@H](c3ccc(CC)cc3)[C@H]([N+](=O)[O-])C(C)(C)[C@@H]2[N+](=O)[O-])cc1. The van der Waals surface area contributed by atoms with Gasteiger partial charge in [0, 0.05) is 9.85 Å². The lowest BCUT2D eigenvalue weighted by atomic mass is 9.66. The lowest BCUT2D eigenvalue weighted by molar-refractivity contribution is -0.605. The number of nitro groups is 2. The van der Waals surface area contributed by atoms with Crippen molar-refractivity contribution in [3.63, 3.8) is 0 Å². The maximum atomic E-state index is 12.1. The fourth-order valence-electron chi connectivity index (χ4n) is 4.67. The first-order valence-corrected chi connectivity index (χ1v) is 10.4. The lowest BCUT2D eigenvalue weighted by Crippen LogP contribution is -2.63. The van der Waals surface area contributed by atoms with Gasteiger partial charge in [-0.2, -0.15) is 0 Å². The van der Waals surface area contributed by atoms with Crippen LogP contribution >= 0.6 is 0 Å². The molecule has 3 rings (SSSR count). The van der Waals surface area contributed by atoms with Crippen molar-refractivity contribution in [2.75, 3.05) is 0 Å². The van der Waals surface area contributed by atoms with E-state index in [1.54, 1.807) is 13.8 Å². The minimum Gasteiger partial charge on any atom is -0.291 e. The van der Waals surface area contributed by atoms with Crippen molar-refractivity contribution in [3.8, 4) is 0 Å². The van der Waals surface area contributed by atoms with E-state index in [9.17, 15) is 20.2 Å². The number of hydrogen-bond donors (Lipinski definition) is 1. The smallest absolute Gasteiger partial charge is 0.243 e. The van der Waals surface area contributed by atoms with Crippen LogP contribution in [-0.2, 0) is 12.8 Å². The van der Waals surface area contributed by atoms with E-state index in [1.807, 2.05) is 48.5 Å². The summed E-state index contributed by atoms with van der Waals surface area (Å²) in [5, 5.41) is 27.5. The Morgan fingerprint density at radius 3 is 1.37 bits per heavy atom. The van der Waals surface area contributed by atoms with Gasteiger partial charge in [-0.15, -0.1) is 0 Å². The highest BCUT2D eigenvalue weighted by Crippen LogP contribution is 2.46. The topological polar surface area (TPSA) is 98.3 Å². The molecule has 1 aliphatic heterocycles. The fraction of sp³-hybridized carbons (Fsp3) is 0.478. The summed E-state index contributed by atoms with van der Waals surface area (Å²) < 4.78 is 0. The predicted molar refractivity (Wildman–Crippen MR) is 116 cm³/mol. The molecule has 7 heteroatoms. The van der Waals surface area contributed by atoms with Crippen molar-refractivity contribution in [3.05, 3.63) is 91.0 Å². The highest BCUT2D eigenvalue weighted by atomic mass is 16.6. The van der Waals surface area contributed by atoms with Gasteiger partial charge in [0.25, 0.3) is 0 Å². The predicted octanol–water partition coefficient (Wildman–Crippen LogP) is 4.51. The molecule has 7 nitrogen and oxygen atoms in total. The molecule has 0 aliphatic carbocycles. The first kappa shape index (κ1) is 21.9. The van der Waals surface area contributed by atoms with Crippen LogP contribution in [0.4, 0.5) is 0 Å². The van der Waals surface area contributed by atoms with Gasteiger partial charge >= 0.3 is 0 Å². The monoisotopic (exact) mass is 411 g/mol. The minimum atomic E-state index is -1.17. The fourth-order valence-corrected chi connectivity index (χ4v) is 4.67. The molecule has 160 valence electrons. The molecule has 0 unspecified atom stereocenters. The van der Waals surface area contributed by atoms with Gasteiger partial charge in [-0.3, -0.25) is 25.5 Å². The van der Waals surface area contributed by atoms with Crippen molar-refractivity contribution in [2.24, 2.45) is 5.41 Å². The normalized spacial score (nSPS) is 25.6. The van der Waals surface area contributed by atoms with E-state index in [0.29, 0.717) is 0 Å². The Morgan fingerprint density at radius 2 is 1.10 bits per heavy atom. The van der Waals surface area contributed by atoms with Gasteiger partial charge in [0.2, 0.25) is 12.1 Å². The van der Waals surface area contributed by atoms with Crippen molar-refractivity contribution >= 4 is 0 Å². The number of hydrogen-bond acceptors (Lipinski definition) is 5. The zero-order valence-corrected chi connectivity index (χ0v) is 17.9. The summed E-state index contributed by atoms with van der Waals surface area (Å²) in [5.41, 5.74) is 2.67. The van der Waals surface area contributed by atoms with Gasteiger partial charge in [0.15, 0.2) is 0 Å². The first-order valence-electron chi connectivity index (χ1n) is 10.4. The number of benzene rings is 2. The van der Waals surface area contributed by atoms with Crippen LogP contribution in [0.5, 0.6) is 0 Å². The van der Waals surface area contributed by atoms with Crippen molar-refractivity contribution in [1.29, 1.82) is 0 Å². The highest BCUT2D eigenvalue weighted by molar-refractivity contribution is 5.31. The van der Waals surface area contributed by atoms with E-state index in [0.717, 1.165) is 35.1 Å². The third-order valence-electron chi connectivity index (χ3n) is 6.46. The summed E-state index contributed by atoms with van der Waals surface area (Å²) in [5.74, 6) is 0. The van der Waals surface area contributed by atoms with Crippen LogP contribution < -0.4 is 5.32 Å². The molecule has 1 heterocycles. The molecule has 0 amide bonds. The summed E-state index contributed by atoms with van der Waals surface area (Å²) in [6.45, 7) is 7.40. The van der Waals surface area contributed by atoms with Crippen molar-refractivity contribution in [2.45, 2.75) is 64.7 Å². The van der Waals surface area contributed by atoms with Crippen molar-refractivity contribution in [1.82, 2.24) is 5.32 Å². The van der Waals surface area contributed by atoms with Gasteiger partial charge in [0.1, 0.15) is 17.5 Å². The Labute approximate surface area is 176 Å².